The first-order valence-corrected chi connectivity index (χ1v) is 6.93. The van der Waals surface area contributed by atoms with E-state index in [1.54, 1.807) is 6.26 Å². The molecule has 0 amide bonds. The fraction of sp³-hybridized carbons (Fsp3) is 0.714. The van der Waals surface area contributed by atoms with Gasteiger partial charge in [-0.15, -0.1) is 0 Å². The SMILES string of the molecule is CCC(N)C(c1ccco1)N1CCCCC1CO. The summed E-state index contributed by atoms with van der Waals surface area (Å²) in [6, 6.07) is 4.24. The summed E-state index contributed by atoms with van der Waals surface area (Å²) in [6.45, 7) is 3.29. The summed E-state index contributed by atoms with van der Waals surface area (Å²) in [6.07, 6.45) is 6.00. The van der Waals surface area contributed by atoms with Crippen LogP contribution in [0.15, 0.2) is 22.8 Å². The Kier molecular flexibility index (Phi) is 4.80. The zero-order chi connectivity index (χ0) is 13.0. The van der Waals surface area contributed by atoms with Crippen LogP contribution in [0.2, 0.25) is 0 Å². The molecular formula is C14H24N2O2. The van der Waals surface area contributed by atoms with Crippen molar-refractivity contribution >= 4 is 0 Å². The summed E-state index contributed by atoms with van der Waals surface area (Å²) in [4.78, 5) is 2.33. The second-order valence-corrected chi connectivity index (χ2v) is 5.10. The van der Waals surface area contributed by atoms with Crippen molar-refractivity contribution in [3.63, 3.8) is 0 Å². The lowest BCUT2D eigenvalue weighted by Gasteiger charge is -2.41. The number of hydrogen-bond acceptors (Lipinski definition) is 4. The van der Waals surface area contributed by atoms with Gasteiger partial charge in [-0.1, -0.05) is 13.3 Å². The van der Waals surface area contributed by atoms with Crippen molar-refractivity contribution in [2.45, 2.75) is 50.7 Å². The molecular weight excluding hydrogens is 228 g/mol. The molecule has 0 bridgehead atoms. The van der Waals surface area contributed by atoms with E-state index >= 15 is 0 Å². The molecule has 102 valence electrons. The number of piperidine rings is 1. The highest BCUT2D eigenvalue weighted by Crippen LogP contribution is 2.31. The molecule has 2 rings (SSSR count). The Balaban J connectivity index is 2.22. The molecule has 1 aromatic rings. The lowest BCUT2D eigenvalue weighted by Crippen LogP contribution is -2.49. The second kappa shape index (κ2) is 6.36. The summed E-state index contributed by atoms with van der Waals surface area (Å²) in [5, 5.41) is 9.55. The highest BCUT2D eigenvalue weighted by Gasteiger charge is 2.34. The summed E-state index contributed by atoms with van der Waals surface area (Å²) in [5.74, 6) is 0.921. The molecule has 0 spiro atoms. The second-order valence-electron chi connectivity index (χ2n) is 5.10. The van der Waals surface area contributed by atoms with Crippen LogP contribution in [0.1, 0.15) is 44.4 Å². The maximum Gasteiger partial charge on any atom is 0.122 e. The Labute approximate surface area is 109 Å². The number of hydrogen-bond donors (Lipinski definition) is 2. The zero-order valence-corrected chi connectivity index (χ0v) is 11.1. The third-order valence-corrected chi connectivity index (χ3v) is 3.95. The Hall–Kier alpha value is -0.840. The first kappa shape index (κ1) is 13.6. The number of aliphatic hydroxyl groups is 1. The molecule has 0 aliphatic carbocycles. The summed E-state index contributed by atoms with van der Waals surface area (Å²) in [7, 11) is 0. The molecule has 1 aliphatic heterocycles. The number of furan rings is 1. The van der Waals surface area contributed by atoms with Crippen LogP contribution in [-0.2, 0) is 0 Å². The first-order chi connectivity index (χ1) is 8.77. The van der Waals surface area contributed by atoms with Gasteiger partial charge in [-0.25, -0.2) is 0 Å². The van der Waals surface area contributed by atoms with Gasteiger partial charge in [0, 0.05) is 12.1 Å². The van der Waals surface area contributed by atoms with E-state index in [0.29, 0.717) is 0 Å². The Bertz CT molecular complexity index is 340. The molecule has 1 aromatic heterocycles. The minimum atomic E-state index is 0.0447. The van der Waals surface area contributed by atoms with E-state index < -0.39 is 0 Å². The van der Waals surface area contributed by atoms with Crippen LogP contribution in [0.4, 0.5) is 0 Å². The maximum absolute atomic E-state index is 9.55. The normalized spacial score (nSPS) is 24.9. The van der Waals surface area contributed by atoms with Gasteiger partial charge in [-0.3, -0.25) is 4.90 Å². The standard InChI is InChI=1S/C14H24N2O2/c1-2-12(15)14(13-7-5-9-18-13)16-8-4-3-6-11(16)10-17/h5,7,9,11-12,14,17H,2-4,6,8,10,15H2,1H3. The molecule has 1 fully saturated rings. The van der Waals surface area contributed by atoms with Gasteiger partial charge in [-0.05, 0) is 37.9 Å². The maximum atomic E-state index is 9.55. The number of aliphatic hydroxyl groups excluding tert-OH is 1. The van der Waals surface area contributed by atoms with Crippen molar-refractivity contribution in [1.29, 1.82) is 0 Å². The zero-order valence-electron chi connectivity index (χ0n) is 11.1. The van der Waals surface area contributed by atoms with Gasteiger partial charge in [-0.2, -0.15) is 0 Å². The van der Waals surface area contributed by atoms with E-state index in [9.17, 15) is 5.11 Å². The van der Waals surface area contributed by atoms with Crippen LogP contribution in [0.25, 0.3) is 0 Å². The minimum Gasteiger partial charge on any atom is -0.468 e. The lowest BCUT2D eigenvalue weighted by molar-refractivity contribution is 0.0331. The van der Waals surface area contributed by atoms with E-state index in [0.717, 1.165) is 25.1 Å². The van der Waals surface area contributed by atoms with E-state index in [-0.39, 0.29) is 24.7 Å². The quantitative estimate of drug-likeness (QED) is 0.840. The van der Waals surface area contributed by atoms with Crippen molar-refractivity contribution in [2.24, 2.45) is 5.73 Å². The van der Waals surface area contributed by atoms with Gasteiger partial charge in [0.25, 0.3) is 0 Å². The Morgan fingerprint density at radius 1 is 1.56 bits per heavy atom. The van der Waals surface area contributed by atoms with Crippen molar-refractivity contribution < 1.29 is 9.52 Å². The van der Waals surface area contributed by atoms with E-state index in [1.807, 2.05) is 12.1 Å². The molecule has 1 saturated heterocycles. The molecule has 2 heterocycles. The van der Waals surface area contributed by atoms with Crippen molar-refractivity contribution in [1.82, 2.24) is 4.90 Å². The number of rotatable bonds is 5. The molecule has 0 aromatic carbocycles. The molecule has 1 aliphatic rings. The predicted molar refractivity (Wildman–Crippen MR) is 71.1 cm³/mol. The van der Waals surface area contributed by atoms with Gasteiger partial charge in [0.1, 0.15) is 5.76 Å². The van der Waals surface area contributed by atoms with Crippen LogP contribution in [0, 0.1) is 0 Å². The third kappa shape index (κ3) is 2.76. The Morgan fingerprint density at radius 3 is 3.00 bits per heavy atom. The van der Waals surface area contributed by atoms with Gasteiger partial charge in [0.2, 0.25) is 0 Å². The largest absolute Gasteiger partial charge is 0.468 e. The van der Waals surface area contributed by atoms with E-state index in [1.165, 1.54) is 12.8 Å². The van der Waals surface area contributed by atoms with Gasteiger partial charge >= 0.3 is 0 Å². The van der Waals surface area contributed by atoms with E-state index in [2.05, 4.69) is 11.8 Å². The Morgan fingerprint density at radius 2 is 2.39 bits per heavy atom. The molecule has 3 atom stereocenters. The molecule has 3 N–H and O–H groups in total. The average Bonchev–Trinajstić information content (AvgIpc) is 2.93. The van der Waals surface area contributed by atoms with Crippen LogP contribution >= 0.6 is 0 Å². The van der Waals surface area contributed by atoms with Crippen LogP contribution < -0.4 is 5.73 Å². The van der Waals surface area contributed by atoms with Crippen LogP contribution in [-0.4, -0.2) is 35.2 Å². The molecule has 0 radical (unpaired) electrons. The third-order valence-electron chi connectivity index (χ3n) is 3.95. The molecule has 3 unspecified atom stereocenters. The van der Waals surface area contributed by atoms with Crippen molar-refractivity contribution in [2.75, 3.05) is 13.2 Å². The smallest absolute Gasteiger partial charge is 0.122 e. The number of nitrogens with zero attached hydrogens (tertiary/aromatic N) is 1. The van der Waals surface area contributed by atoms with Crippen LogP contribution in [0.5, 0.6) is 0 Å². The highest BCUT2D eigenvalue weighted by atomic mass is 16.3. The fourth-order valence-electron chi connectivity index (χ4n) is 2.89. The van der Waals surface area contributed by atoms with E-state index in [4.69, 9.17) is 10.2 Å². The lowest BCUT2D eigenvalue weighted by atomic mass is 9.94. The first-order valence-electron chi connectivity index (χ1n) is 6.93. The van der Waals surface area contributed by atoms with Crippen molar-refractivity contribution in [3.8, 4) is 0 Å². The number of nitrogens with two attached hydrogens (primary N) is 1. The molecule has 0 saturated carbocycles. The molecule has 4 nitrogen and oxygen atoms in total. The summed E-state index contributed by atoms with van der Waals surface area (Å²) < 4.78 is 5.56. The summed E-state index contributed by atoms with van der Waals surface area (Å²) >= 11 is 0. The topological polar surface area (TPSA) is 62.6 Å². The van der Waals surface area contributed by atoms with Gasteiger partial charge in [0.15, 0.2) is 0 Å². The fourth-order valence-corrected chi connectivity index (χ4v) is 2.89. The monoisotopic (exact) mass is 252 g/mol. The van der Waals surface area contributed by atoms with Gasteiger partial charge < -0.3 is 15.3 Å². The molecule has 18 heavy (non-hydrogen) atoms. The van der Waals surface area contributed by atoms with Crippen LogP contribution in [0.3, 0.4) is 0 Å². The highest BCUT2D eigenvalue weighted by molar-refractivity contribution is 5.09. The van der Waals surface area contributed by atoms with Crippen molar-refractivity contribution in [3.05, 3.63) is 24.2 Å². The number of likely N-dealkylation sites (tertiary alicyclic amines) is 1. The average molecular weight is 252 g/mol. The predicted octanol–water partition coefficient (Wildman–Crippen LogP) is 1.90. The van der Waals surface area contributed by atoms with Gasteiger partial charge in [0.05, 0.1) is 18.9 Å². The minimum absolute atomic E-state index is 0.0447. The summed E-state index contributed by atoms with van der Waals surface area (Å²) in [5.41, 5.74) is 6.27. The molecule has 4 heteroatoms.